The van der Waals surface area contributed by atoms with E-state index in [1.54, 1.807) is 7.11 Å². The zero-order valence-corrected chi connectivity index (χ0v) is 15.2. The van der Waals surface area contributed by atoms with Gasteiger partial charge in [0.05, 0.1) is 7.11 Å². The smallest absolute Gasteiger partial charge is 0.161 e. The van der Waals surface area contributed by atoms with E-state index < -0.39 is 0 Å². The molecule has 0 spiro atoms. The normalized spacial score (nSPS) is 17.3. The van der Waals surface area contributed by atoms with E-state index in [2.05, 4.69) is 23.6 Å². The van der Waals surface area contributed by atoms with Crippen LogP contribution in [0.5, 0.6) is 5.75 Å². The molecule has 5 heteroatoms. The average molecular weight is 340 g/mol. The fourth-order valence-electron chi connectivity index (χ4n) is 3.19. The fourth-order valence-corrected chi connectivity index (χ4v) is 3.19. The number of anilines is 1. The van der Waals surface area contributed by atoms with E-state index in [1.807, 2.05) is 24.3 Å². The van der Waals surface area contributed by atoms with Crippen LogP contribution in [0.1, 0.15) is 31.9 Å². The van der Waals surface area contributed by atoms with Gasteiger partial charge in [-0.2, -0.15) is 0 Å². The van der Waals surface area contributed by atoms with Gasteiger partial charge in [-0.05, 0) is 62.5 Å². The first-order valence-electron chi connectivity index (χ1n) is 9.25. The Kier molecular flexibility index (Phi) is 6.23. The number of ether oxygens (including phenoxy) is 1. The molecule has 3 rings (SSSR count). The second kappa shape index (κ2) is 8.81. The second-order valence-corrected chi connectivity index (χ2v) is 6.64. The van der Waals surface area contributed by atoms with Gasteiger partial charge in [-0.1, -0.05) is 13.3 Å². The van der Waals surface area contributed by atoms with E-state index in [1.165, 1.54) is 12.8 Å². The zero-order chi connectivity index (χ0) is 17.5. The van der Waals surface area contributed by atoms with Crippen LogP contribution in [0, 0.1) is 5.92 Å². The number of rotatable bonds is 7. The van der Waals surface area contributed by atoms with E-state index >= 15 is 0 Å². The van der Waals surface area contributed by atoms with Crippen LogP contribution in [0.15, 0.2) is 30.3 Å². The molecule has 0 radical (unpaired) electrons. The first-order chi connectivity index (χ1) is 12.3. The quantitative estimate of drug-likeness (QED) is 0.808. The minimum absolute atomic E-state index is 0.669. The Balaban J connectivity index is 1.77. The number of hydrogen-bond acceptors (Lipinski definition) is 5. The van der Waals surface area contributed by atoms with Crippen LogP contribution in [0.4, 0.5) is 5.82 Å². The molecular formula is C20H28N4O. The van der Waals surface area contributed by atoms with E-state index in [4.69, 9.17) is 14.7 Å². The number of hydrogen-bond donors (Lipinski definition) is 2. The van der Waals surface area contributed by atoms with Crippen molar-refractivity contribution in [1.82, 2.24) is 15.3 Å². The summed E-state index contributed by atoms with van der Waals surface area (Å²) in [6.07, 6.45) is 4.57. The Morgan fingerprint density at radius 3 is 2.76 bits per heavy atom. The second-order valence-electron chi connectivity index (χ2n) is 6.64. The molecule has 1 atom stereocenters. The van der Waals surface area contributed by atoms with Gasteiger partial charge in [0.1, 0.15) is 11.6 Å². The first kappa shape index (κ1) is 17.7. The number of methoxy groups -OCH3 is 1. The van der Waals surface area contributed by atoms with E-state index in [-0.39, 0.29) is 0 Å². The van der Waals surface area contributed by atoms with Gasteiger partial charge in [-0.15, -0.1) is 0 Å². The maximum absolute atomic E-state index is 5.24. The third-order valence-corrected chi connectivity index (χ3v) is 4.60. The van der Waals surface area contributed by atoms with Crippen LogP contribution in [0.2, 0.25) is 0 Å². The summed E-state index contributed by atoms with van der Waals surface area (Å²) in [7, 11) is 1.68. The van der Waals surface area contributed by atoms with Gasteiger partial charge >= 0.3 is 0 Å². The van der Waals surface area contributed by atoms with Crippen molar-refractivity contribution < 1.29 is 4.74 Å². The average Bonchev–Trinajstić information content (AvgIpc) is 2.67. The Morgan fingerprint density at radius 2 is 2.08 bits per heavy atom. The molecular weight excluding hydrogens is 312 g/mol. The molecule has 1 unspecified atom stereocenters. The van der Waals surface area contributed by atoms with Crippen LogP contribution in [-0.4, -0.2) is 36.7 Å². The highest BCUT2D eigenvalue weighted by atomic mass is 16.5. The van der Waals surface area contributed by atoms with Crippen molar-refractivity contribution in [3.63, 3.8) is 0 Å². The summed E-state index contributed by atoms with van der Waals surface area (Å²) in [6.45, 7) is 5.37. The molecule has 2 aromatic rings. The minimum atomic E-state index is 0.669. The Labute approximate surface area is 150 Å². The molecule has 0 bridgehead atoms. The summed E-state index contributed by atoms with van der Waals surface area (Å²) in [5.41, 5.74) is 2.11. The highest BCUT2D eigenvalue weighted by molar-refractivity contribution is 5.58. The first-order valence-corrected chi connectivity index (χ1v) is 9.25. The van der Waals surface area contributed by atoms with Gasteiger partial charge in [0.25, 0.3) is 0 Å². The molecule has 0 aliphatic carbocycles. The van der Waals surface area contributed by atoms with Crippen LogP contribution in [0.25, 0.3) is 11.4 Å². The number of piperidine rings is 1. The summed E-state index contributed by atoms with van der Waals surface area (Å²) in [6, 6.07) is 10.0. The maximum Gasteiger partial charge on any atom is 0.161 e. The number of nitrogens with one attached hydrogen (secondary N) is 2. The van der Waals surface area contributed by atoms with Gasteiger partial charge in [-0.25, -0.2) is 9.97 Å². The van der Waals surface area contributed by atoms with E-state index in [9.17, 15) is 0 Å². The predicted octanol–water partition coefficient (Wildman–Crippen LogP) is 3.52. The molecule has 1 aliphatic heterocycles. The van der Waals surface area contributed by atoms with Crippen LogP contribution >= 0.6 is 0 Å². The highest BCUT2D eigenvalue weighted by Crippen LogP contribution is 2.22. The van der Waals surface area contributed by atoms with Gasteiger partial charge in [-0.3, -0.25) is 0 Å². The van der Waals surface area contributed by atoms with Crippen LogP contribution < -0.4 is 15.4 Å². The third-order valence-electron chi connectivity index (χ3n) is 4.60. The number of aromatic nitrogens is 2. The number of benzene rings is 1. The monoisotopic (exact) mass is 340 g/mol. The SMILES string of the molecule is CCCc1cc(NCC2CCCNC2)nc(-c2ccc(OC)cc2)n1. The predicted molar refractivity (Wildman–Crippen MR) is 102 cm³/mol. The van der Waals surface area contributed by atoms with Crippen molar-refractivity contribution in [1.29, 1.82) is 0 Å². The molecule has 25 heavy (non-hydrogen) atoms. The van der Waals surface area contributed by atoms with Crippen molar-refractivity contribution in [3.8, 4) is 17.1 Å². The molecule has 1 saturated heterocycles. The minimum Gasteiger partial charge on any atom is -0.497 e. The fraction of sp³-hybridized carbons (Fsp3) is 0.500. The summed E-state index contributed by atoms with van der Waals surface area (Å²) < 4.78 is 5.24. The maximum atomic E-state index is 5.24. The van der Waals surface area contributed by atoms with Crippen molar-refractivity contribution in [2.45, 2.75) is 32.6 Å². The topological polar surface area (TPSA) is 59.1 Å². The largest absolute Gasteiger partial charge is 0.497 e. The highest BCUT2D eigenvalue weighted by Gasteiger charge is 2.13. The lowest BCUT2D eigenvalue weighted by atomic mass is 10.00. The Bertz CT molecular complexity index is 666. The molecule has 1 aromatic carbocycles. The van der Waals surface area contributed by atoms with Gasteiger partial charge < -0.3 is 15.4 Å². The van der Waals surface area contributed by atoms with Crippen molar-refractivity contribution in [3.05, 3.63) is 36.0 Å². The molecule has 2 heterocycles. The molecule has 0 saturated carbocycles. The lowest BCUT2D eigenvalue weighted by molar-refractivity contribution is 0.392. The lowest BCUT2D eigenvalue weighted by Gasteiger charge is -2.23. The molecule has 1 fully saturated rings. The summed E-state index contributed by atoms with van der Waals surface area (Å²) in [4.78, 5) is 9.48. The molecule has 1 aromatic heterocycles. The van der Waals surface area contributed by atoms with E-state index in [0.29, 0.717) is 5.92 Å². The van der Waals surface area contributed by atoms with Crippen molar-refractivity contribution in [2.75, 3.05) is 32.1 Å². The molecule has 2 N–H and O–H groups in total. The van der Waals surface area contributed by atoms with E-state index in [0.717, 1.165) is 61.1 Å². The molecule has 1 aliphatic rings. The zero-order valence-electron chi connectivity index (χ0n) is 15.2. The summed E-state index contributed by atoms with van der Waals surface area (Å²) in [5.74, 6) is 3.21. The molecule has 134 valence electrons. The summed E-state index contributed by atoms with van der Waals surface area (Å²) >= 11 is 0. The number of aryl methyl sites for hydroxylation is 1. The van der Waals surface area contributed by atoms with Crippen LogP contribution in [0.3, 0.4) is 0 Å². The standard InChI is InChI=1S/C20H28N4O/c1-3-5-17-12-19(22-14-15-6-4-11-21-13-15)24-20(23-17)16-7-9-18(25-2)10-8-16/h7-10,12,15,21H,3-6,11,13-14H2,1-2H3,(H,22,23,24). The third kappa shape index (κ3) is 4.92. The molecule has 5 nitrogen and oxygen atoms in total. The Hall–Kier alpha value is -2.14. The van der Waals surface area contributed by atoms with Gasteiger partial charge in [0.15, 0.2) is 5.82 Å². The van der Waals surface area contributed by atoms with Crippen molar-refractivity contribution >= 4 is 5.82 Å². The Morgan fingerprint density at radius 1 is 1.24 bits per heavy atom. The molecule has 0 amide bonds. The van der Waals surface area contributed by atoms with Gasteiger partial charge in [0.2, 0.25) is 0 Å². The lowest BCUT2D eigenvalue weighted by Crippen LogP contribution is -2.33. The summed E-state index contributed by atoms with van der Waals surface area (Å²) in [5, 5.41) is 7.00. The van der Waals surface area contributed by atoms with Crippen molar-refractivity contribution in [2.24, 2.45) is 5.92 Å². The van der Waals surface area contributed by atoms with Crippen LogP contribution in [-0.2, 0) is 6.42 Å². The number of nitrogens with zero attached hydrogens (tertiary/aromatic N) is 2. The van der Waals surface area contributed by atoms with Gasteiger partial charge in [0, 0.05) is 23.9 Å².